The Hall–Kier alpha value is -0.570. The molecule has 1 aliphatic heterocycles. The highest BCUT2D eigenvalue weighted by Gasteiger charge is 2.31. The molecule has 0 aromatic heterocycles. The van der Waals surface area contributed by atoms with Crippen molar-refractivity contribution in [2.24, 2.45) is 11.7 Å². The summed E-state index contributed by atoms with van der Waals surface area (Å²) in [4.78, 5) is 2.52. The molecule has 3 heteroatoms. The molecule has 1 fully saturated rings. The fourth-order valence-electron chi connectivity index (χ4n) is 2.99. The van der Waals surface area contributed by atoms with Gasteiger partial charge in [-0.25, -0.2) is 0 Å². The normalized spacial score (nSPS) is 27.1. The van der Waals surface area contributed by atoms with Crippen molar-refractivity contribution in [3.05, 3.63) is 34.9 Å². The van der Waals surface area contributed by atoms with E-state index >= 15 is 0 Å². The molecule has 0 bridgehead atoms. The lowest BCUT2D eigenvalue weighted by Gasteiger charge is -2.43. The quantitative estimate of drug-likeness (QED) is 0.908. The van der Waals surface area contributed by atoms with E-state index < -0.39 is 0 Å². The Kier molecular flexibility index (Phi) is 4.66. The molecule has 1 aliphatic rings. The molecule has 18 heavy (non-hydrogen) atoms. The highest BCUT2D eigenvalue weighted by molar-refractivity contribution is 6.31. The van der Waals surface area contributed by atoms with Crippen LogP contribution in [0.25, 0.3) is 0 Å². The van der Waals surface area contributed by atoms with E-state index in [1.54, 1.807) is 0 Å². The second kappa shape index (κ2) is 6.05. The van der Waals surface area contributed by atoms with Gasteiger partial charge in [-0.1, -0.05) is 36.7 Å². The monoisotopic (exact) mass is 266 g/mol. The Morgan fingerprint density at radius 2 is 2.11 bits per heavy atom. The fraction of sp³-hybridized carbons (Fsp3) is 0.600. The maximum atomic E-state index is 6.32. The Labute approximate surface area is 115 Å². The zero-order chi connectivity index (χ0) is 13.1. The molecule has 0 amide bonds. The molecule has 0 aliphatic carbocycles. The molecule has 3 unspecified atom stereocenters. The standard InChI is InChI=1S/C15H23ClN2/c1-11-6-5-9-18(12(11)2)15(10-17)13-7-3-4-8-14(13)16/h3-4,7-8,11-12,15H,5-6,9-10,17H2,1-2H3. The third-order valence-electron chi connectivity index (χ3n) is 4.31. The summed E-state index contributed by atoms with van der Waals surface area (Å²) in [6, 6.07) is 8.90. The van der Waals surface area contributed by atoms with Crippen LogP contribution in [0.2, 0.25) is 5.02 Å². The third kappa shape index (κ3) is 2.71. The summed E-state index contributed by atoms with van der Waals surface area (Å²) in [6.07, 6.45) is 2.57. The molecule has 100 valence electrons. The van der Waals surface area contributed by atoms with Gasteiger partial charge in [-0.2, -0.15) is 0 Å². The van der Waals surface area contributed by atoms with Crippen LogP contribution in [-0.2, 0) is 0 Å². The molecule has 1 aromatic rings. The SMILES string of the molecule is CC1CCCN(C(CN)c2ccccc2Cl)C1C. The summed E-state index contributed by atoms with van der Waals surface area (Å²) in [6.45, 7) is 6.39. The van der Waals surface area contributed by atoms with Gasteiger partial charge in [0.25, 0.3) is 0 Å². The van der Waals surface area contributed by atoms with Crippen molar-refractivity contribution in [1.29, 1.82) is 0 Å². The lowest BCUT2D eigenvalue weighted by molar-refractivity contribution is 0.0710. The van der Waals surface area contributed by atoms with Crippen molar-refractivity contribution >= 4 is 11.6 Å². The first kappa shape index (κ1) is 13.9. The van der Waals surface area contributed by atoms with Crippen LogP contribution in [0.5, 0.6) is 0 Å². The Morgan fingerprint density at radius 1 is 1.39 bits per heavy atom. The smallest absolute Gasteiger partial charge is 0.0488 e. The Morgan fingerprint density at radius 3 is 2.78 bits per heavy atom. The van der Waals surface area contributed by atoms with Crippen LogP contribution in [0.15, 0.2) is 24.3 Å². The van der Waals surface area contributed by atoms with Gasteiger partial charge < -0.3 is 5.73 Å². The summed E-state index contributed by atoms with van der Waals surface area (Å²) in [5, 5.41) is 0.832. The zero-order valence-electron chi connectivity index (χ0n) is 11.3. The number of piperidine rings is 1. The molecule has 1 heterocycles. The molecule has 1 aromatic carbocycles. The summed E-state index contributed by atoms with van der Waals surface area (Å²) in [5.74, 6) is 0.732. The number of benzene rings is 1. The van der Waals surface area contributed by atoms with Crippen LogP contribution in [0, 0.1) is 5.92 Å². The molecular weight excluding hydrogens is 244 g/mol. The molecule has 0 radical (unpaired) electrons. The van der Waals surface area contributed by atoms with E-state index in [0.717, 1.165) is 17.5 Å². The number of nitrogens with zero attached hydrogens (tertiary/aromatic N) is 1. The van der Waals surface area contributed by atoms with Gasteiger partial charge in [0.15, 0.2) is 0 Å². The lowest BCUT2D eigenvalue weighted by atomic mass is 9.89. The average molecular weight is 267 g/mol. The van der Waals surface area contributed by atoms with Crippen LogP contribution >= 0.6 is 11.6 Å². The van der Waals surface area contributed by atoms with Crippen molar-refractivity contribution in [3.8, 4) is 0 Å². The predicted molar refractivity (Wildman–Crippen MR) is 77.8 cm³/mol. The topological polar surface area (TPSA) is 29.3 Å². The second-order valence-electron chi connectivity index (χ2n) is 5.37. The van der Waals surface area contributed by atoms with E-state index in [-0.39, 0.29) is 6.04 Å². The fourth-order valence-corrected chi connectivity index (χ4v) is 3.26. The van der Waals surface area contributed by atoms with E-state index in [9.17, 15) is 0 Å². The largest absolute Gasteiger partial charge is 0.329 e. The van der Waals surface area contributed by atoms with E-state index in [4.69, 9.17) is 17.3 Å². The van der Waals surface area contributed by atoms with Crippen molar-refractivity contribution < 1.29 is 0 Å². The first-order valence-corrected chi connectivity index (χ1v) is 7.23. The summed E-state index contributed by atoms with van der Waals surface area (Å²) >= 11 is 6.32. The number of hydrogen-bond donors (Lipinski definition) is 1. The second-order valence-corrected chi connectivity index (χ2v) is 5.78. The highest BCUT2D eigenvalue weighted by Crippen LogP contribution is 2.33. The van der Waals surface area contributed by atoms with E-state index in [1.807, 2.05) is 18.2 Å². The summed E-state index contributed by atoms with van der Waals surface area (Å²) in [7, 11) is 0. The number of likely N-dealkylation sites (tertiary alicyclic amines) is 1. The molecule has 2 rings (SSSR count). The van der Waals surface area contributed by atoms with E-state index in [0.29, 0.717) is 12.6 Å². The van der Waals surface area contributed by atoms with Gasteiger partial charge in [-0.15, -0.1) is 0 Å². The Balaban J connectivity index is 2.25. The van der Waals surface area contributed by atoms with Crippen molar-refractivity contribution in [3.63, 3.8) is 0 Å². The highest BCUT2D eigenvalue weighted by atomic mass is 35.5. The predicted octanol–water partition coefficient (Wildman–Crippen LogP) is 3.46. The minimum absolute atomic E-state index is 0.247. The average Bonchev–Trinajstić information content (AvgIpc) is 2.37. The van der Waals surface area contributed by atoms with Crippen molar-refractivity contribution in [2.45, 2.75) is 38.8 Å². The minimum Gasteiger partial charge on any atom is -0.329 e. The number of hydrogen-bond acceptors (Lipinski definition) is 2. The maximum Gasteiger partial charge on any atom is 0.0488 e. The van der Waals surface area contributed by atoms with Gasteiger partial charge in [0.05, 0.1) is 0 Å². The molecule has 2 N–H and O–H groups in total. The van der Waals surface area contributed by atoms with Crippen LogP contribution in [0.4, 0.5) is 0 Å². The Bertz CT molecular complexity index is 394. The first-order chi connectivity index (χ1) is 8.65. The molecular formula is C15H23ClN2. The summed E-state index contributed by atoms with van der Waals surface area (Å²) < 4.78 is 0. The summed E-state index contributed by atoms with van der Waals surface area (Å²) in [5.41, 5.74) is 7.18. The zero-order valence-corrected chi connectivity index (χ0v) is 12.0. The minimum atomic E-state index is 0.247. The molecule has 3 atom stereocenters. The molecule has 0 spiro atoms. The molecule has 2 nitrogen and oxygen atoms in total. The van der Waals surface area contributed by atoms with Gasteiger partial charge in [0, 0.05) is 23.7 Å². The third-order valence-corrected chi connectivity index (χ3v) is 4.65. The van der Waals surface area contributed by atoms with E-state index in [2.05, 4.69) is 24.8 Å². The van der Waals surface area contributed by atoms with Crippen LogP contribution in [0.3, 0.4) is 0 Å². The van der Waals surface area contributed by atoms with Gasteiger partial charge in [0.1, 0.15) is 0 Å². The van der Waals surface area contributed by atoms with Gasteiger partial charge in [-0.3, -0.25) is 4.90 Å². The number of rotatable bonds is 3. The molecule has 1 saturated heterocycles. The van der Waals surface area contributed by atoms with Crippen LogP contribution < -0.4 is 5.73 Å². The number of nitrogens with two attached hydrogens (primary N) is 1. The van der Waals surface area contributed by atoms with Crippen LogP contribution in [-0.4, -0.2) is 24.0 Å². The van der Waals surface area contributed by atoms with Gasteiger partial charge in [-0.05, 0) is 43.9 Å². The maximum absolute atomic E-state index is 6.32. The van der Waals surface area contributed by atoms with Crippen molar-refractivity contribution in [1.82, 2.24) is 4.90 Å². The van der Waals surface area contributed by atoms with Crippen molar-refractivity contribution in [2.75, 3.05) is 13.1 Å². The van der Waals surface area contributed by atoms with E-state index in [1.165, 1.54) is 18.4 Å². The number of halogens is 1. The molecule has 0 saturated carbocycles. The van der Waals surface area contributed by atoms with Gasteiger partial charge >= 0.3 is 0 Å². The van der Waals surface area contributed by atoms with Gasteiger partial charge in [0.2, 0.25) is 0 Å². The lowest BCUT2D eigenvalue weighted by Crippen LogP contribution is -2.46. The van der Waals surface area contributed by atoms with Crippen LogP contribution in [0.1, 0.15) is 38.3 Å². The first-order valence-electron chi connectivity index (χ1n) is 6.85.